The normalized spacial score (nSPS) is 45.5. The quantitative estimate of drug-likeness (QED) is 0.597. The van der Waals surface area contributed by atoms with E-state index in [9.17, 15) is 10.2 Å². The molecule has 2 bridgehead atoms. The molecule has 4 fully saturated rings. The molecule has 0 aromatic rings. The van der Waals surface area contributed by atoms with Crippen molar-refractivity contribution < 1.29 is 24.3 Å². The van der Waals surface area contributed by atoms with Crippen LogP contribution in [0.5, 0.6) is 0 Å². The highest BCUT2D eigenvalue weighted by molar-refractivity contribution is 6.49. The number of fused-ring (bicyclic) bond motifs is 2. The third kappa shape index (κ3) is 2.36. The first kappa shape index (κ1) is 16.0. The van der Waals surface area contributed by atoms with Gasteiger partial charge in [0.2, 0.25) is 0 Å². The average Bonchev–Trinajstić information content (AvgIpc) is 3.22. The van der Waals surface area contributed by atoms with E-state index in [1.165, 1.54) is 6.42 Å². The minimum absolute atomic E-state index is 0.211. The minimum Gasteiger partial charge on any atom is -0.496 e. The molecular formula is C17H26BNO5. The predicted octanol–water partition coefficient (Wildman–Crippen LogP) is 2.94. The van der Waals surface area contributed by atoms with E-state index in [0.717, 1.165) is 6.42 Å². The van der Waals surface area contributed by atoms with Gasteiger partial charge in [-0.2, -0.15) is 0 Å². The molecule has 0 spiro atoms. The van der Waals surface area contributed by atoms with Gasteiger partial charge in [0.25, 0.3) is 11.9 Å². The lowest BCUT2D eigenvalue weighted by atomic mass is 9.44. The van der Waals surface area contributed by atoms with Crippen LogP contribution >= 0.6 is 0 Å². The second-order valence-corrected chi connectivity index (χ2v) is 8.57. The SMILES string of the molecule is C[C@H]1C(N2C=C(O)OB([C@@]3(C)CO3)O/C(O)=C\2)CC2C[C@H]1C2(C)C. The number of epoxide rings is 1. The highest BCUT2D eigenvalue weighted by atomic mass is 16.7. The summed E-state index contributed by atoms with van der Waals surface area (Å²) < 4.78 is 16.2. The zero-order valence-corrected chi connectivity index (χ0v) is 14.7. The molecule has 7 heteroatoms. The lowest BCUT2D eigenvalue weighted by Gasteiger charge is -2.63. The number of hydrogen-bond acceptors (Lipinski definition) is 6. The Hall–Kier alpha value is -1.50. The van der Waals surface area contributed by atoms with Crippen molar-refractivity contribution in [2.45, 2.75) is 52.1 Å². The summed E-state index contributed by atoms with van der Waals surface area (Å²) in [7, 11) is -0.858. The number of hydrogen-bond donors (Lipinski definition) is 2. The van der Waals surface area contributed by atoms with E-state index in [0.29, 0.717) is 29.8 Å². The second kappa shape index (κ2) is 5.00. The van der Waals surface area contributed by atoms with Gasteiger partial charge in [-0.3, -0.25) is 0 Å². The first-order chi connectivity index (χ1) is 11.2. The van der Waals surface area contributed by atoms with Crippen molar-refractivity contribution in [2.75, 3.05) is 6.61 Å². The van der Waals surface area contributed by atoms with Gasteiger partial charge in [0.1, 0.15) is 0 Å². The van der Waals surface area contributed by atoms with Gasteiger partial charge in [-0.1, -0.05) is 20.8 Å². The highest BCUT2D eigenvalue weighted by Crippen LogP contribution is 2.62. The Bertz CT molecular complexity index is 578. The highest BCUT2D eigenvalue weighted by Gasteiger charge is 2.60. The zero-order chi connectivity index (χ0) is 17.3. The Labute approximate surface area is 143 Å². The van der Waals surface area contributed by atoms with E-state index in [1.807, 2.05) is 11.8 Å². The predicted molar refractivity (Wildman–Crippen MR) is 88.5 cm³/mol. The van der Waals surface area contributed by atoms with Crippen molar-refractivity contribution in [3.05, 3.63) is 24.3 Å². The van der Waals surface area contributed by atoms with Gasteiger partial charge in [-0.05, 0) is 42.9 Å². The van der Waals surface area contributed by atoms with E-state index in [-0.39, 0.29) is 17.9 Å². The van der Waals surface area contributed by atoms with Gasteiger partial charge in [-0.25, -0.2) is 0 Å². The van der Waals surface area contributed by atoms with Crippen LogP contribution in [-0.2, 0) is 14.0 Å². The first-order valence-electron chi connectivity index (χ1n) is 8.77. The Morgan fingerprint density at radius 1 is 1.12 bits per heavy atom. The summed E-state index contributed by atoms with van der Waals surface area (Å²) in [6.07, 6.45) is 5.41. The van der Waals surface area contributed by atoms with Crippen LogP contribution in [0.25, 0.3) is 0 Å². The topological polar surface area (TPSA) is 74.7 Å². The molecule has 24 heavy (non-hydrogen) atoms. The molecule has 0 aromatic carbocycles. The van der Waals surface area contributed by atoms with Crippen molar-refractivity contribution in [3.63, 3.8) is 0 Å². The van der Waals surface area contributed by atoms with Gasteiger partial charge >= 0.3 is 7.12 Å². The van der Waals surface area contributed by atoms with Crippen LogP contribution in [-0.4, -0.2) is 40.4 Å². The van der Waals surface area contributed by atoms with Crippen LogP contribution in [0.15, 0.2) is 24.3 Å². The zero-order valence-electron chi connectivity index (χ0n) is 14.7. The fourth-order valence-corrected chi connectivity index (χ4v) is 4.80. The van der Waals surface area contributed by atoms with Crippen molar-refractivity contribution in [1.82, 2.24) is 4.90 Å². The van der Waals surface area contributed by atoms with Crippen LogP contribution in [0.1, 0.15) is 40.5 Å². The van der Waals surface area contributed by atoms with E-state index >= 15 is 0 Å². The maximum atomic E-state index is 10.2. The smallest absolute Gasteiger partial charge is 0.496 e. The Kier molecular flexibility index (Phi) is 3.34. The number of aliphatic hydroxyl groups is 2. The summed E-state index contributed by atoms with van der Waals surface area (Å²) in [6, 6.07) is 0.211. The summed E-state index contributed by atoms with van der Waals surface area (Å²) in [6.45, 7) is 9.24. The molecule has 2 unspecified atom stereocenters. The Balaban J connectivity index is 1.55. The van der Waals surface area contributed by atoms with Crippen LogP contribution in [0, 0.1) is 23.2 Å². The standard InChI is InChI=1S/C17H26BNO5/c1-10-12-5-11(16(12,2)3)6-13(10)19-7-14(20)23-18(17(4)9-22-17)24-15(21)8-19/h7-8,10-13,20-21H,5-6,9H2,1-4H3/b14-7-,15-8?/t10-,11?,12-,13?,17-/m1/s1. The Morgan fingerprint density at radius 3 is 2.17 bits per heavy atom. The number of aliphatic hydroxyl groups excluding tert-OH is 2. The number of ether oxygens (including phenoxy) is 1. The molecule has 1 saturated heterocycles. The molecule has 0 aromatic heterocycles. The van der Waals surface area contributed by atoms with Gasteiger partial charge in [0.15, 0.2) is 5.50 Å². The van der Waals surface area contributed by atoms with Crippen LogP contribution in [0.2, 0.25) is 0 Å². The van der Waals surface area contributed by atoms with Crippen molar-refractivity contribution in [3.8, 4) is 0 Å². The molecule has 2 heterocycles. The fourth-order valence-electron chi connectivity index (χ4n) is 4.80. The second-order valence-electron chi connectivity index (χ2n) is 8.57. The van der Waals surface area contributed by atoms with Gasteiger partial charge in [0, 0.05) is 6.04 Å². The molecule has 2 aliphatic heterocycles. The maximum absolute atomic E-state index is 10.2. The molecule has 2 N–H and O–H groups in total. The van der Waals surface area contributed by atoms with Crippen molar-refractivity contribution in [1.29, 1.82) is 0 Å². The average molecular weight is 335 g/mol. The molecule has 6 nitrogen and oxygen atoms in total. The molecule has 3 aliphatic carbocycles. The monoisotopic (exact) mass is 335 g/mol. The van der Waals surface area contributed by atoms with E-state index < -0.39 is 12.6 Å². The summed E-state index contributed by atoms with van der Waals surface area (Å²) in [4.78, 5) is 1.84. The summed E-state index contributed by atoms with van der Waals surface area (Å²) in [5.41, 5.74) is -0.248. The molecule has 0 radical (unpaired) electrons. The van der Waals surface area contributed by atoms with E-state index in [4.69, 9.17) is 14.0 Å². The van der Waals surface area contributed by atoms with Crippen LogP contribution in [0.3, 0.4) is 0 Å². The van der Waals surface area contributed by atoms with Crippen molar-refractivity contribution in [2.24, 2.45) is 23.2 Å². The molecule has 5 rings (SSSR count). The third-order valence-corrected chi connectivity index (χ3v) is 6.77. The fraction of sp³-hybridized carbons (Fsp3) is 0.765. The minimum atomic E-state index is -0.858. The van der Waals surface area contributed by atoms with E-state index in [2.05, 4.69) is 20.8 Å². The van der Waals surface area contributed by atoms with Crippen LogP contribution < -0.4 is 0 Å². The lowest BCUT2D eigenvalue weighted by molar-refractivity contribution is -0.128. The summed E-state index contributed by atoms with van der Waals surface area (Å²) in [5, 5.41) is 20.4. The molecule has 5 aliphatic rings. The largest absolute Gasteiger partial charge is 0.635 e. The van der Waals surface area contributed by atoms with Crippen LogP contribution in [0.4, 0.5) is 0 Å². The maximum Gasteiger partial charge on any atom is 0.635 e. The van der Waals surface area contributed by atoms with Gasteiger partial charge < -0.3 is 29.2 Å². The van der Waals surface area contributed by atoms with Crippen molar-refractivity contribution >= 4 is 7.12 Å². The first-order valence-corrected chi connectivity index (χ1v) is 8.77. The van der Waals surface area contributed by atoms with Gasteiger partial charge in [0.05, 0.1) is 19.0 Å². The molecule has 0 amide bonds. The van der Waals surface area contributed by atoms with Gasteiger partial charge in [-0.15, -0.1) is 0 Å². The summed E-state index contributed by atoms with van der Waals surface area (Å²) in [5.74, 6) is 1.36. The molecule has 3 saturated carbocycles. The Morgan fingerprint density at radius 2 is 1.71 bits per heavy atom. The molecular weight excluding hydrogens is 309 g/mol. The number of rotatable bonds is 2. The number of nitrogens with zero attached hydrogens (tertiary/aromatic N) is 1. The molecule has 5 atom stereocenters. The third-order valence-electron chi connectivity index (χ3n) is 6.77. The summed E-state index contributed by atoms with van der Waals surface area (Å²) >= 11 is 0. The van der Waals surface area contributed by atoms with E-state index in [1.54, 1.807) is 12.4 Å². The molecule has 132 valence electrons. The lowest BCUT2D eigenvalue weighted by Crippen LogP contribution is -2.59.